The maximum atomic E-state index is 12.2. The predicted molar refractivity (Wildman–Crippen MR) is 107 cm³/mol. The zero-order valence-electron chi connectivity index (χ0n) is 16.5. The Balaban J connectivity index is 1.27. The van der Waals surface area contributed by atoms with Crippen LogP contribution >= 0.6 is 0 Å². The van der Waals surface area contributed by atoms with Gasteiger partial charge < -0.3 is 9.47 Å². The molecular weight excluding hydrogens is 386 g/mol. The van der Waals surface area contributed by atoms with E-state index in [4.69, 9.17) is 9.47 Å². The van der Waals surface area contributed by atoms with Crippen molar-refractivity contribution < 1.29 is 28.7 Å². The summed E-state index contributed by atoms with van der Waals surface area (Å²) in [5.74, 6) is -1.86. The average molecular weight is 409 g/mol. The Morgan fingerprint density at radius 1 is 0.733 bits per heavy atom. The molecule has 0 radical (unpaired) electrons. The molecule has 0 fully saturated rings. The lowest BCUT2D eigenvalue weighted by Crippen LogP contribution is -2.35. The highest BCUT2D eigenvalue weighted by Crippen LogP contribution is 2.22. The summed E-state index contributed by atoms with van der Waals surface area (Å²) in [5, 5.41) is 0. The van der Waals surface area contributed by atoms with Gasteiger partial charge >= 0.3 is 11.9 Å². The number of hydrogen-bond acceptors (Lipinski definition) is 6. The Hall–Kier alpha value is -3.48. The monoisotopic (exact) mass is 409 g/mol. The normalized spacial score (nSPS) is 12.6. The van der Waals surface area contributed by atoms with E-state index >= 15 is 0 Å². The van der Waals surface area contributed by atoms with Crippen LogP contribution < -0.4 is 0 Å². The molecule has 2 amide bonds. The molecule has 30 heavy (non-hydrogen) atoms. The quantitative estimate of drug-likeness (QED) is 0.340. The Morgan fingerprint density at radius 3 is 2.03 bits per heavy atom. The second-order valence-electron chi connectivity index (χ2n) is 6.92. The van der Waals surface area contributed by atoms with Crippen molar-refractivity contribution in [1.29, 1.82) is 0 Å². The third-order valence-electron chi connectivity index (χ3n) is 4.70. The first-order chi connectivity index (χ1) is 14.6. The molecule has 3 rings (SSSR count). The van der Waals surface area contributed by atoms with Crippen molar-refractivity contribution in [3.05, 3.63) is 71.3 Å². The van der Waals surface area contributed by atoms with E-state index in [1.807, 2.05) is 30.3 Å². The zero-order chi connectivity index (χ0) is 21.3. The molecule has 0 N–H and O–H groups in total. The number of nitrogens with zero attached hydrogens (tertiary/aromatic N) is 1. The van der Waals surface area contributed by atoms with Gasteiger partial charge in [0, 0.05) is 6.42 Å². The van der Waals surface area contributed by atoms with Crippen LogP contribution in [0, 0.1) is 0 Å². The Kier molecular flexibility index (Phi) is 7.32. The van der Waals surface area contributed by atoms with Gasteiger partial charge in [0.2, 0.25) is 0 Å². The smallest absolute Gasteiger partial charge is 0.326 e. The van der Waals surface area contributed by atoms with E-state index in [0.717, 1.165) is 10.5 Å². The van der Waals surface area contributed by atoms with Crippen LogP contribution in [0.15, 0.2) is 54.6 Å². The summed E-state index contributed by atoms with van der Waals surface area (Å²) in [6, 6.07) is 15.9. The molecule has 0 aromatic heterocycles. The van der Waals surface area contributed by atoms with Gasteiger partial charge in [0.05, 0.1) is 17.7 Å². The lowest BCUT2D eigenvalue weighted by molar-refractivity contribution is -0.146. The summed E-state index contributed by atoms with van der Waals surface area (Å²) in [6.07, 6.45) is 2.21. The van der Waals surface area contributed by atoms with Crippen LogP contribution in [-0.4, -0.2) is 41.8 Å². The first-order valence-corrected chi connectivity index (χ1v) is 9.86. The van der Waals surface area contributed by atoms with Crippen molar-refractivity contribution in [3.63, 3.8) is 0 Å². The number of esters is 2. The molecular formula is C23H23NO6. The van der Waals surface area contributed by atoms with Gasteiger partial charge in [0.25, 0.3) is 11.8 Å². The fourth-order valence-electron chi connectivity index (χ4n) is 3.10. The van der Waals surface area contributed by atoms with Crippen molar-refractivity contribution in [1.82, 2.24) is 4.90 Å². The maximum absolute atomic E-state index is 12.2. The van der Waals surface area contributed by atoms with E-state index in [-0.39, 0.29) is 19.2 Å². The number of fused-ring (bicyclic) bond motifs is 1. The van der Waals surface area contributed by atoms with Crippen LogP contribution in [0.1, 0.15) is 52.0 Å². The molecule has 0 bridgehead atoms. The molecule has 1 aliphatic heterocycles. The van der Waals surface area contributed by atoms with Gasteiger partial charge in [0.15, 0.2) is 0 Å². The predicted octanol–water partition coefficient (Wildman–Crippen LogP) is 3.13. The van der Waals surface area contributed by atoms with Crippen LogP contribution in [0.4, 0.5) is 0 Å². The number of benzene rings is 2. The maximum Gasteiger partial charge on any atom is 0.326 e. The van der Waals surface area contributed by atoms with E-state index in [0.29, 0.717) is 36.8 Å². The number of hydrogen-bond donors (Lipinski definition) is 0. The molecule has 7 heteroatoms. The third kappa shape index (κ3) is 5.53. The molecule has 1 heterocycles. The Bertz CT molecular complexity index is 889. The van der Waals surface area contributed by atoms with Crippen molar-refractivity contribution in [3.8, 4) is 0 Å². The second-order valence-corrected chi connectivity index (χ2v) is 6.92. The van der Waals surface area contributed by atoms with E-state index < -0.39 is 24.3 Å². The Morgan fingerprint density at radius 2 is 1.37 bits per heavy atom. The van der Waals surface area contributed by atoms with Crippen LogP contribution in [0.3, 0.4) is 0 Å². The molecule has 156 valence electrons. The number of rotatable bonds is 10. The van der Waals surface area contributed by atoms with Crippen molar-refractivity contribution in [2.24, 2.45) is 0 Å². The second kappa shape index (κ2) is 10.3. The molecule has 7 nitrogen and oxygen atoms in total. The van der Waals surface area contributed by atoms with Gasteiger partial charge in [-0.05, 0) is 37.0 Å². The van der Waals surface area contributed by atoms with Gasteiger partial charge in [0.1, 0.15) is 13.2 Å². The number of carbonyl (C=O) groups excluding carboxylic acids is 4. The summed E-state index contributed by atoms with van der Waals surface area (Å²) in [5.41, 5.74) is 1.54. The molecule has 0 saturated heterocycles. The molecule has 0 saturated carbocycles. The lowest BCUT2D eigenvalue weighted by Gasteiger charge is -2.13. The molecule has 0 unspecified atom stereocenters. The van der Waals surface area contributed by atoms with Crippen molar-refractivity contribution in [2.45, 2.75) is 32.3 Å². The van der Waals surface area contributed by atoms with Crippen LogP contribution in [0.2, 0.25) is 0 Å². The standard InChI is InChI=1S/C23H23NO6/c25-20(30-16-17-9-3-1-4-10-17)13-5-2-8-14-29-21(26)15-24-22(27)18-11-6-7-12-19(18)23(24)28/h1,3-4,6-7,9-12H,2,5,8,13-16H2. The minimum atomic E-state index is -0.633. The molecule has 0 aliphatic carbocycles. The van der Waals surface area contributed by atoms with Gasteiger partial charge in [-0.25, -0.2) is 0 Å². The molecule has 1 aliphatic rings. The van der Waals surface area contributed by atoms with E-state index in [1.54, 1.807) is 24.3 Å². The highest BCUT2D eigenvalue weighted by atomic mass is 16.5. The third-order valence-corrected chi connectivity index (χ3v) is 4.70. The SMILES string of the molecule is O=C(CCCCCOC(=O)CN1C(=O)c2ccccc2C1=O)OCc1ccccc1. The van der Waals surface area contributed by atoms with Gasteiger partial charge in [-0.2, -0.15) is 0 Å². The van der Waals surface area contributed by atoms with Crippen LogP contribution in [-0.2, 0) is 25.7 Å². The van der Waals surface area contributed by atoms with Crippen LogP contribution in [0.5, 0.6) is 0 Å². The fraction of sp³-hybridized carbons (Fsp3) is 0.304. The fourth-order valence-corrected chi connectivity index (χ4v) is 3.10. The highest BCUT2D eigenvalue weighted by molar-refractivity contribution is 6.22. The summed E-state index contributed by atoms with van der Waals surface area (Å²) < 4.78 is 10.3. The van der Waals surface area contributed by atoms with E-state index in [2.05, 4.69) is 0 Å². The van der Waals surface area contributed by atoms with E-state index in [9.17, 15) is 19.2 Å². The zero-order valence-corrected chi connectivity index (χ0v) is 16.5. The summed E-state index contributed by atoms with van der Waals surface area (Å²) in [6.45, 7) is 0.0221. The minimum Gasteiger partial charge on any atom is -0.464 e. The van der Waals surface area contributed by atoms with Crippen LogP contribution in [0.25, 0.3) is 0 Å². The number of imide groups is 1. The molecule has 0 atom stereocenters. The van der Waals surface area contributed by atoms with Crippen molar-refractivity contribution in [2.75, 3.05) is 13.2 Å². The summed E-state index contributed by atoms with van der Waals surface area (Å²) in [4.78, 5) is 49.0. The lowest BCUT2D eigenvalue weighted by atomic mass is 10.1. The molecule has 0 spiro atoms. The summed E-state index contributed by atoms with van der Waals surface area (Å²) in [7, 11) is 0. The first-order valence-electron chi connectivity index (χ1n) is 9.86. The minimum absolute atomic E-state index is 0.168. The average Bonchev–Trinajstić information content (AvgIpc) is 3.00. The Labute approximate surface area is 174 Å². The first kappa shape index (κ1) is 21.2. The number of ether oxygens (including phenoxy) is 2. The van der Waals surface area contributed by atoms with Gasteiger partial charge in [-0.3, -0.25) is 24.1 Å². The number of amides is 2. The summed E-state index contributed by atoms with van der Waals surface area (Å²) >= 11 is 0. The van der Waals surface area contributed by atoms with E-state index in [1.165, 1.54) is 0 Å². The van der Waals surface area contributed by atoms with Gasteiger partial charge in [-0.1, -0.05) is 42.5 Å². The molecule has 2 aromatic carbocycles. The number of unbranched alkanes of at least 4 members (excludes halogenated alkanes) is 2. The highest BCUT2D eigenvalue weighted by Gasteiger charge is 2.36. The molecule has 2 aromatic rings. The number of carbonyl (C=O) groups is 4. The van der Waals surface area contributed by atoms with Crippen molar-refractivity contribution >= 4 is 23.8 Å². The largest absolute Gasteiger partial charge is 0.464 e. The topological polar surface area (TPSA) is 90.0 Å². The van der Waals surface area contributed by atoms with Gasteiger partial charge in [-0.15, -0.1) is 0 Å².